The zero-order chi connectivity index (χ0) is 22.1. The van der Waals surface area contributed by atoms with Crippen molar-refractivity contribution in [3.63, 3.8) is 0 Å². The summed E-state index contributed by atoms with van der Waals surface area (Å²) in [6.07, 6.45) is -1.26. The summed E-state index contributed by atoms with van der Waals surface area (Å²) in [5.41, 5.74) is 0.00282. The summed E-state index contributed by atoms with van der Waals surface area (Å²) >= 11 is 0. The summed E-state index contributed by atoms with van der Waals surface area (Å²) in [5, 5.41) is 3.37. The molecule has 0 saturated carbocycles. The van der Waals surface area contributed by atoms with Crippen molar-refractivity contribution in [3.8, 4) is 0 Å². The molecule has 0 atom stereocenters. The number of piperazine rings is 1. The number of nitrogens with one attached hydrogen (secondary N) is 1. The number of alkyl halides is 3. The lowest BCUT2D eigenvalue weighted by atomic mass is 10.0. The van der Waals surface area contributed by atoms with Crippen LogP contribution in [0.15, 0.2) is 29.3 Å². The standard InChI is InChI=1S/C22H33F3N4O2/c1-26-21(27-8-3-13-31-17-18-6-14-30-15-7-18)29-11-9-28(10-12-29)20-5-2-4-19(16-20)22(23,24)25/h2,4-5,16,18H,3,6-15,17H2,1H3,(H,26,27). The molecule has 2 heterocycles. The molecule has 0 spiro atoms. The van der Waals surface area contributed by atoms with E-state index in [1.54, 1.807) is 13.1 Å². The molecule has 1 aromatic rings. The Morgan fingerprint density at radius 3 is 2.61 bits per heavy atom. The third-order valence-corrected chi connectivity index (χ3v) is 5.77. The Hall–Kier alpha value is -2.00. The van der Waals surface area contributed by atoms with Gasteiger partial charge in [0.25, 0.3) is 0 Å². The molecule has 6 nitrogen and oxygen atoms in total. The second-order valence-electron chi connectivity index (χ2n) is 7.98. The molecule has 0 unspecified atom stereocenters. The van der Waals surface area contributed by atoms with Gasteiger partial charge >= 0.3 is 6.18 Å². The number of hydrogen-bond donors (Lipinski definition) is 1. The summed E-state index contributed by atoms with van der Waals surface area (Å²) in [4.78, 5) is 8.49. The Bertz CT molecular complexity index is 700. The van der Waals surface area contributed by atoms with Crippen molar-refractivity contribution >= 4 is 11.6 Å². The quantitative estimate of drug-likeness (QED) is 0.399. The van der Waals surface area contributed by atoms with Crippen LogP contribution >= 0.6 is 0 Å². The Balaban J connectivity index is 1.36. The number of anilines is 1. The monoisotopic (exact) mass is 442 g/mol. The van der Waals surface area contributed by atoms with Crippen molar-refractivity contribution in [2.24, 2.45) is 10.9 Å². The highest BCUT2D eigenvalue weighted by molar-refractivity contribution is 5.80. The minimum Gasteiger partial charge on any atom is -0.381 e. The van der Waals surface area contributed by atoms with Gasteiger partial charge in [0.1, 0.15) is 0 Å². The van der Waals surface area contributed by atoms with Crippen LogP contribution in [-0.2, 0) is 15.7 Å². The molecule has 9 heteroatoms. The average Bonchev–Trinajstić information content (AvgIpc) is 2.79. The first-order chi connectivity index (χ1) is 15.0. The lowest BCUT2D eigenvalue weighted by molar-refractivity contribution is -0.137. The predicted molar refractivity (Wildman–Crippen MR) is 116 cm³/mol. The van der Waals surface area contributed by atoms with Crippen molar-refractivity contribution in [1.82, 2.24) is 10.2 Å². The molecule has 2 saturated heterocycles. The van der Waals surface area contributed by atoms with Crippen LogP contribution in [0.4, 0.5) is 18.9 Å². The zero-order valence-electron chi connectivity index (χ0n) is 18.2. The van der Waals surface area contributed by atoms with E-state index in [2.05, 4.69) is 15.2 Å². The fourth-order valence-electron chi connectivity index (χ4n) is 3.93. The highest BCUT2D eigenvalue weighted by atomic mass is 19.4. The van der Waals surface area contributed by atoms with Crippen molar-refractivity contribution in [2.75, 3.05) is 71.1 Å². The van der Waals surface area contributed by atoms with Gasteiger partial charge in [0, 0.05) is 71.9 Å². The Morgan fingerprint density at radius 1 is 1.19 bits per heavy atom. The van der Waals surface area contributed by atoms with Gasteiger partial charge in [-0.2, -0.15) is 13.2 Å². The van der Waals surface area contributed by atoms with Gasteiger partial charge in [-0.05, 0) is 43.4 Å². The number of benzene rings is 1. The van der Waals surface area contributed by atoms with Crippen LogP contribution in [0.3, 0.4) is 0 Å². The first kappa shape index (κ1) is 23.7. The third kappa shape index (κ3) is 7.28. The normalized spacial score (nSPS) is 19.0. The summed E-state index contributed by atoms with van der Waals surface area (Å²) in [7, 11) is 1.75. The summed E-state index contributed by atoms with van der Waals surface area (Å²) in [6.45, 7) is 6.67. The lowest BCUT2D eigenvalue weighted by Gasteiger charge is -2.37. The minimum absolute atomic E-state index is 0.607. The van der Waals surface area contributed by atoms with Crippen LogP contribution < -0.4 is 10.2 Å². The largest absolute Gasteiger partial charge is 0.416 e. The number of ether oxygens (including phenoxy) is 2. The highest BCUT2D eigenvalue weighted by Crippen LogP contribution is 2.31. The molecule has 2 aliphatic heterocycles. The number of hydrogen-bond acceptors (Lipinski definition) is 4. The SMILES string of the molecule is CN=C(NCCCOCC1CCOCC1)N1CCN(c2cccc(C(F)(F)F)c2)CC1. The van der Waals surface area contributed by atoms with E-state index in [-0.39, 0.29) is 0 Å². The van der Waals surface area contributed by atoms with E-state index in [1.165, 1.54) is 12.1 Å². The third-order valence-electron chi connectivity index (χ3n) is 5.77. The van der Waals surface area contributed by atoms with Gasteiger partial charge in [-0.15, -0.1) is 0 Å². The van der Waals surface area contributed by atoms with Gasteiger partial charge in [-0.25, -0.2) is 0 Å². The van der Waals surface area contributed by atoms with Crippen LogP contribution in [0.25, 0.3) is 0 Å². The van der Waals surface area contributed by atoms with E-state index < -0.39 is 11.7 Å². The minimum atomic E-state index is -4.32. The second kappa shape index (κ2) is 11.6. The average molecular weight is 443 g/mol. The van der Waals surface area contributed by atoms with Gasteiger partial charge < -0.3 is 24.6 Å². The van der Waals surface area contributed by atoms with Crippen LogP contribution in [0.5, 0.6) is 0 Å². The van der Waals surface area contributed by atoms with Crippen molar-refractivity contribution in [1.29, 1.82) is 0 Å². The smallest absolute Gasteiger partial charge is 0.381 e. The maximum Gasteiger partial charge on any atom is 0.416 e. The molecule has 0 bridgehead atoms. The Morgan fingerprint density at radius 2 is 1.94 bits per heavy atom. The van der Waals surface area contributed by atoms with Gasteiger partial charge in [0.2, 0.25) is 0 Å². The zero-order valence-corrected chi connectivity index (χ0v) is 18.2. The molecule has 0 aromatic heterocycles. The van der Waals surface area contributed by atoms with E-state index in [4.69, 9.17) is 9.47 Å². The summed E-state index contributed by atoms with van der Waals surface area (Å²) < 4.78 is 50.1. The first-order valence-corrected chi connectivity index (χ1v) is 11.0. The van der Waals surface area contributed by atoms with Crippen LogP contribution in [0, 0.1) is 5.92 Å². The molecular weight excluding hydrogens is 409 g/mol. The molecule has 0 amide bonds. The van der Waals surface area contributed by atoms with E-state index >= 15 is 0 Å². The molecule has 174 valence electrons. The number of halogens is 3. The van der Waals surface area contributed by atoms with Gasteiger partial charge in [-0.3, -0.25) is 4.99 Å². The van der Waals surface area contributed by atoms with Crippen LogP contribution in [-0.4, -0.2) is 77.1 Å². The van der Waals surface area contributed by atoms with Gasteiger partial charge in [0.05, 0.1) is 5.56 Å². The van der Waals surface area contributed by atoms with E-state index in [1.807, 2.05) is 4.90 Å². The Kier molecular flexibility index (Phi) is 8.83. The molecule has 3 rings (SSSR count). The molecule has 1 aromatic carbocycles. The first-order valence-electron chi connectivity index (χ1n) is 11.0. The van der Waals surface area contributed by atoms with E-state index in [0.29, 0.717) is 44.4 Å². The van der Waals surface area contributed by atoms with E-state index in [9.17, 15) is 13.2 Å². The fourth-order valence-corrected chi connectivity index (χ4v) is 3.93. The van der Waals surface area contributed by atoms with E-state index in [0.717, 1.165) is 57.7 Å². The van der Waals surface area contributed by atoms with Crippen molar-refractivity contribution < 1.29 is 22.6 Å². The lowest BCUT2D eigenvalue weighted by Crippen LogP contribution is -2.52. The van der Waals surface area contributed by atoms with Crippen molar-refractivity contribution in [2.45, 2.75) is 25.4 Å². The molecule has 31 heavy (non-hydrogen) atoms. The topological polar surface area (TPSA) is 49.3 Å². The molecule has 2 aliphatic rings. The highest BCUT2D eigenvalue weighted by Gasteiger charge is 2.31. The molecular formula is C22H33F3N4O2. The number of aliphatic imine (C=N–C) groups is 1. The summed E-state index contributed by atoms with van der Waals surface area (Å²) in [5.74, 6) is 1.44. The van der Waals surface area contributed by atoms with Crippen LogP contribution in [0.1, 0.15) is 24.8 Å². The maximum atomic E-state index is 13.0. The number of rotatable bonds is 7. The second-order valence-corrected chi connectivity index (χ2v) is 7.98. The summed E-state index contributed by atoms with van der Waals surface area (Å²) in [6, 6.07) is 5.54. The molecule has 0 aliphatic carbocycles. The molecule has 0 radical (unpaired) electrons. The predicted octanol–water partition coefficient (Wildman–Crippen LogP) is 3.24. The number of nitrogens with zero attached hydrogens (tertiary/aromatic N) is 3. The maximum absolute atomic E-state index is 13.0. The number of guanidine groups is 1. The fraction of sp³-hybridized carbons (Fsp3) is 0.682. The van der Waals surface area contributed by atoms with Crippen molar-refractivity contribution in [3.05, 3.63) is 29.8 Å². The Labute approximate surface area is 182 Å². The van der Waals surface area contributed by atoms with Crippen LogP contribution in [0.2, 0.25) is 0 Å². The molecule has 1 N–H and O–H groups in total. The van der Waals surface area contributed by atoms with Gasteiger partial charge in [-0.1, -0.05) is 6.07 Å². The molecule has 2 fully saturated rings. The van der Waals surface area contributed by atoms with Gasteiger partial charge in [0.15, 0.2) is 5.96 Å².